The van der Waals surface area contributed by atoms with Crippen molar-refractivity contribution in [1.29, 1.82) is 0 Å². The summed E-state index contributed by atoms with van der Waals surface area (Å²) in [5.74, 6) is -0.398. The van der Waals surface area contributed by atoms with Gasteiger partial charge in [-0.15, -0.1) is 4.13 Å². The number of fused-ring (bicyclic) bond motifs is 1. The summed E-state index contributed by atoms with van der Waals surface area (Å²) in [5.41, 5.74) is 1.46. The molecule has 6 nitrogen and oxygen atoms in total. The summed E-state index contributed by atoms with van der Waals surface area (Å²) in [6.07, 6.45) is 0.796. The summed E-state index contributed by atoms with van der Waals surface area (Å²) in [6, 6.07) is 11.1. The standard InChI is InChI=1S/C14H15NO5S2/c1-21(16,17)15-22(18,19)9-10-6-11-4-2-3-5-12(11)13(7-10)14-8-20-14/h2-7,14-15H,8-9H2,1H3. The van der Waals surface area contributed by atoms with Gasteiger partial charge in [0.15, 0.2) is 0 Å². The van der Waals surface area contributed by atoms with Gasteiger partial charge in [0.1, 0.15) is 6.10 Å². The van der Waals surface area contributed by atoms with Crippen LogP contribution in [0.4, 0.5) is 0 Å². The Morgan fingerprint density at radius 3 is 2.50 bits per heavy atom. The molecule has 0 radical (unpaired) electrons. The van der Waals surface area contributed by atoms with Gasteiger partial charge in [-0.2, -0.15) is 0 Å². The minimum Gasteiger partial charge on any atom is -0.368 e. The number of benzene rings is 2. The molecule has 1 aliphatic rings. The van der Waals surface area contributed by atoms with Gasteiger partial charge in [-0.25, -0.2) is 16.8 Å². The number of hydrogen-bond acceptors (Lipinski definition) is 5. The fraction of sp³-hybridized carbons (Fsp3) is 0.286. The van der Waals surface area contributed by atoms with E-state index in [0.717, 1.165) is 22.6 Å². The van der Waals surface area contributed by atoms with Gasteiger partial charge in [0.2, 0.25) is 20.0 Å². The van der Waals surface area contributed by atoms with Crippen LogP contribution in [0.5, 0.6) is 0 Å². The molecule has 0 amide bonds. The predicted octanol–water partition coefficient (Wildman–Crippen LogP) is 1.29. The number of ether oxygens (including phenoxy) is 1. The van der Waals surface area contributed by atoms with Gasteiger partial charge < -0.3 is 4.74 Å². The Kier molecular flexibility index (Phi) is 3.72. The van der Waals surface area contributed by atoms with Gasteiger partial charge >= 0.3 is 0 Å². The molecule has 1 atom stereocenters. The van der Waals surface area contributed by atoms with Crippen LogP contribution in [-0.4, -0.2) is 29.7 Å². The first-order valence-electron chi connectivity index (χ1n) is 6.58. The second-order valence-corrected chi connectivity index (χ2v) is 9.07. The third-order valence-corrected chi connectivity index (χ3v) is 6.21. The molecule has 118 valence electrons. The largest absolute Gasteiger partial charge is 0.368 e. The Morgan fingerprint density at radius 1 is 1.18 bits per heavy atom. The summed E-state index contributed by atoms with van der Waals surface area (Å²) in [7, 11) is -7.78. The molecule has 8 heteroatoms. The van der Waals surface area contributed by atoms with Crippen molar-refractivity contribution in [2.75, 3.05) is 12.9 Å². The average molecular weight is 341 g/mol. The third kappa shape index (κ3) is 3.64. The van der Waals surface area contributed by atoms with Crippen LogP contribution in [0.15, 0.2) is 36.4 Å². The Bertz CT molecular complexity index is 931. The number of rotatable bonds is 5. The highest BCUT2D eigenvalue weighted by atomic mass is 32.3. The first-order chi connectivity index (χ1) is 10.2. The number of sulfonamides is 2. The van der Waals surface area contributed by atoms with Gasteiger partial charge in [-0.05, 0) is 21.9 Å². The Morgan fingerprint density at radius 2 is 1.86 bits per heavy atom. The number of nitrogens with one attached hydrogen (secondary N) is 1. The molecule has 0 saturated carbocycles. The zero-order valence-corrected chi connectivity index (χ0v) is 13.4. The lowest BCUT2D eigenvalue weighted by Gasteiger charge is -2.09. The van der Waals surface area contributed by atoms with E-state index in [1.165, 1.54) is 0 Å². The van der Waals surface area contributed by atoms with Gasteiger partial charge in [-0.3, -0.25) is 0 Å². The highest BCUT2D eigenvalue weighted by Gasteiger charge is 2.27. The highest BCUT2D eigenvalue weighted by molar-refractivity contribution is 8.04. The van der Waals surface area contributed by atoms with Gasteiger partial charge in [0.25, 0.3) is 0 Å². The molecular formula is C14H15NO5S2. The van der Waals surface area contributed by atoms with Crippen LogP contribution in [0.2, 0.25) is 0 Å². The maximum atomic E-state index is 11.9. The molecule has 0 aromatic heterocycles. The fourth-order valence-electron chi connectivity index (χ4n) is 2.46. The molecule has 1 heterocycles. The Hall–Kier alpha value is -1.48. The second-order valence-electron chi connectivity index (χ2n) is 5.34. The van der Waals surface area contributed by atoms with Crippen LogP contribution >= 0.6 is 0 Å². The molecule has 0 bridgehead atoms. The highest BCUT2D eigenvalue weighted by Crippen LogP contribution is 2.36. The van der Waals surface area contributed by atoms with Crippen molar-refractivity contribution in [2.24, 2.45) is 0 Å². The summed E-state index contributed by atoms with van der Waals surface area (Å²) in [4.78, 5) is 0. The molecule has 3 rings (SSSR count). The van der Waals surface area contributed by atoms with Crippen LogP contribution in [0, 0.1) is 0 Å². The third-order valence-electron chi connectivity index (χ3n) is 3.27. The molecule has 0 aliphatic carbocycles. The minimum absolute atomic E-state index is 0.0181. The number of epoxide rings is 1. The molecule has 1 unspecified atom stereocenters. The second kappa shape index (κ2) is 5.31. The van der Waals surface area contributed by atoms with Crippen LogP contribution < -0.4 is 4.13 Å². The van der Waals surface area contributed by atoms with E-state index in [9.17, 15) is 16.8 Å². The van der Waals surface area contributed by atoms with Gasteiger partial charge in [0, 0.05) is 0 Å². The van der Waals surface area contributed by atoms with Crippen molar-refractivity contribution in [3.63, 3.8) is 0 Å². The first kappa shape index (κ1) is 15.4. The van der Waals surface area contributed by atoms with E-state index in [0.29, 0.717) is 12.2 Å². The van der Waals surface area contributed by atoms with E-state index in [2.05, 4.69) is 0 Å². The van der Waals surface area contributed by atoms with Gasteiger partial charge in [-0.1, -0.05) is 36.4 Å². The monoisotopic (exact) mass is 341 g/mol. The summed E-state index contributed by atoms with van der Waals surface area (Å²) in [6.45, 7) is 0.613. The maximum absolute atomic E-state index is 11.9. The van der Waals surface area contributed by atoms with E-state index in [4.69, 9.17) is 4.74 Å². The van der Waals surface area contributed by atoms with Gasteiger partial charge in [0.05, 0.1) is 18.6 Å². The summed E-state index contributed by atoms with van der Waals surface area (Å²) < 4.78 is 53.1. The molecule has 2 aromatic rings. The van der Waals surface area contributed by atoms with E-state index in [1.807, 2.05) is 24.3 Å². The zero-order valence-electron chi connectivity index (χ0n) is 11.8. The van der Waals surface area contributed by atoms with Crippen molar-refractivity contribution in [3.8, 4) is 0 Å². The lowest BCUT2D eigenvalue weighted by molar-refractivity contribution is 0.417. The lowest BCUT2D eigenvalue weighted by Crippen LogP contribution is -2.30. The molecule has 1 N–H and O–H groups in total. The van der Waals surface area contributed by atoms with Crippen LogP contribution in [-0.2, 0) is 30.5 Å². The number of hydrogen-bond donors (Lipinski definition) is 1. The molecule has 1 fully saturated rings. The molecule has 2 aromatic carbocycles. The molecule has 1 saturated heterocycles. The average Bonchev–Trinajstić information content (AvgIpc) is 3.18. The molecule has 1 aliphatic heterocycles. The van der Waals surface area contributed by atoms with E-state index >= 15 is 0 Å². The maximum Gasteiger partial charge on any atom is 0.228 e. The predicted molar refractivity (Wildman–Crippen MR) is 83.2 cm³/mol. The van der Waals surface area contributed by atoms with Crippen molar-refractivity contribution < 1.29 is 21.6 Å². The van der Waals surface area contributed by atoms with Crippen molar-refractivity contribution in [3.05, 3.63) is 47.5 Å². The van der Waals surface area contributed by atoms with Crippen molar-refractivity contribution in [2.45, 2.75) is 11.9 Å². The smallest absolute Gasteiger partial charge is 0.228 e. The van der Waals surface area contributed by atoms with Crippen LogP contribution in [0.1, 0.15) is 17.2 Å². The van der Waals surface area contributed by atoms with E-state index < -0.39 is 25.8 Å². The van der Waals surface area contributed by atoms with Crippen LogP contribution in [0.3, 0.4) is 0 Å². The Balaban J connectivity index is 2.01. The van der Waals surface area contributed by atoms with Crippen LogP contribution in [0.25, 0.3) is 10.8 Å². The summed E-state index contributed by atoms with van der Waals surface area (Å²) in [5, 5.41) is 1.92. The minimum atomic E-state index is -3.96. The summed E-state index contributed by atoms with van der Waals surface area (Å²) >= 11 is 0. The van der Waals surface area contributed by atoms with Crippen molar-refractivity contribution in [1.82, 2.24) is 4.13 Å². The molecule has 22 heavy (non-hydrogen) atoms. The Labute approximate surface area is 129 Å². The SMILES string of the molecule is CS(=O)(=O)NS(=O)(=O)Cc1cc(C2CO2)c2ccccc2c1. The zero-order chi connectivity index (χ0) is 16.0. The van der Waals surface area contributed by atoms with Crippen molar-refractivity contribution >= 4 is 30.8 Å². The molecule has 0 spiro atoms. The quantitative estimate of drug-likeness (QED) is 0.827. The fourth-order valence-corrected chi connectivity index (χ4v) is 5.15. The topological polar surface area (TPSA) is 92.8 Å². The van der Waals surface area contributed by atoms with E-state index in [1.54, 1.807) is 16.3 Å². The lowest BCUT2D eigenvalue weighted by atomic mass is 9.99. The molecular weight excluding hydrogens is 326 g/mol. The first-order valence-corrected chi connectivity index (χ1v) is 10.1. The normalized spacial score (nSPS) is 18.5. The van der Waals surface area contributed by atoms with E-state index in [-0.39, 0.29) is 6.10 Å².